The molecule has 0 radical (unpaired) electrons. The summed E-state index contributed by atoms with van der Waals surface area (Å²) in [6.07, 6.45) is 5.37. The normalized spacial score (nSPS) is 22.5. The Labute approximate surface area is 83.3 Å². The van der Waals surface area contributed by atoms with E-state index in [0.29, 0.717) is 6.54 Å². The van der Waals surface area contributed by atoms with Gasteiger partial charge < -0.3 is 10.5 Å². The number of nitrogens with two attached hydrogens (primary N) is 1. The van der Waals surface area contributed by atoms with Gasteiger partial charge in [-0.2, -0.15) is 5.10 Å². The molecular formula is C9H16N4O. The second-order valence-corrected chi connectivity index (χ2v) is 3.55. The van der Waals surface area contributed by atoms with Crippen LogP contribution >= 0.6 is 0 Å². The fourth-order valence-corrected chi connectivity index (χ4v) is 1.74. The number of aromatic nitrogens is 3. The van der Waals surface area contributed by atoms with Crippen LogP contribution in [0.15, 0.2) is 6.33 Å². The summed E-state index contributed by atoms with van der Waals surface area (Å²) in [5, 5.41) is 4.13. The highest BCUT2D eigenvalue weighted by Crippen LogP contribution is 2.14. The van der Waals surface area contributed by atoms with E-state index in [1.165, 1.54) is 12.8 Å². The summed E-state index contributed by atoms with van der Waals surface area (Å²) < 4.78 is 7.46. The van der Waals surface area contributed by atoms with Gasteiger partial charge in [0.05, 0.1) is 19.2 Å². The third kappa shape index (κ3) is 2.10. The molecule has 2 N–H and O–H groups in total. The van der Waals surface area contributed by atoms with Crippen LogP contribution in [0.3, 0.4) is 0 Å². The van der Waals surface area contributed by atoms with Crippen LogP contribution < -0.4 is 5.73 Å². The molecule has 1 aliphatic rings. The fraction of sp³-hybridized carbons (Fsp3) is 0.778. The average Bonchev–Trinajstić information content (AvgIpc) is 2.67. The Morgan fingerprint density at radius 3 is 3.21 bits per heavy atom. The van der Waals surface area contributed by atoms with Crippen LogP contribution in [-0.2, 0) is 17.8 Å². The summed E-state index contributed by atoms with van der Waals surface area (Å²) in [5.41, 5.74) is 5.54. The molecule has 1 aromatic rings. The lowest BCUT2D eigenvalue weighted by Gasteiger charge is -2.22. The van der Waals surface area contributed by atoms with Crippen LogP contribution in [0.2, 0.25) is 0 Å². The molecular weight excluding hydrogens is 180 g/mol. The third-order valence-electron chi connectivity index (χ3n) is 2.53. The molecule has 0 spiro atoms. The number of rotatable bonds is 3. The summed E-state index contributed by atoms with van der Waals surface area (Å²) in [4.78, 5) is 4.07. The van der Waals surface area contributed by atoms with E-state index in [1.54, 1.807) is 6.33 Å². The van der Waals surface area contributed by atoms with Crippen LogP contribution in [-0.4, -0.2) is 27.5 Å². The Hall–Kier alpha value is -0.940. The molecule has 0 amide bonds. The van der Waals surface area contributed by atoms with E-state index in [-0.39, 0.29) is 6.10 Å². The summed E-state index contributed by atoms with van der Waals surface area (Å²) in [6.45, 7) is 2.09. The predicted octanol–water partition coefficient (Wildman–Crippen LogP) is 0.306. The van der Waals surface area contributed by atoms with Crippen LogP contribution in [0.4, 0.5) is 0 Å². The monoisotopic (exact) mass is 196 g/mol. The molecule has 0 aliphatic carbocycles. The van der Waals surface area contributed by atoms with Gasteiger partial charge in [-0.3, -0.25) is 0 Å². The molecule has 1 unspecified atom stereocenters. The molecule has 0 saturated carbocycles. The largest absolute Gasteiger partial charge is 0.376 e. The van der Waals surface area contributed by atoms with E-state index in [0.717, 1.165) is 25.4 Å². The lowest BCUT2D eigenvalue weighted by Crippen LogP contribution is -2.26. The van der Waals surface area contributed by atoms with E-state index in [9.17, 15) is 0 Å². The van der Waals surface area contributed by atoms with Gasteiger partial charge in [0.1, 0.15) is 12.2 Å². The van der Waals surface area contributed by atoms with Crippen molar-refractivity contribution in [3.63, 3.8) is 0 Å². The van der Waals surface area contributed by atoms with Gasteiger partial charge in [-0.05, 0) is 19.3 Å². The first-order chi connectivity index (χ1) is 6.90. The highest BCUT2D eigenvalue weighted by molar-refractivity contribution is 4.83. The molecule has 1 aliphatic heterocycles. The lowest BCUT2D eigenvalue weighted by molar-refractivity contribution is 0.00344. The SMILES string of the molecule is NCc1ncnn1CC1CCCCO1. The Kier molecular flexibility index (Phi) is 3.10. The summed E-state index contributed by atoms with van der Waals surface area (Å²) in [7, 11) is 0. The van der Waals surface area contributed by atoms with Gasteiger partial charge in [-0.25, -0.2) is 9.67 Å². The minimum atomic E-state index is 0.288. The van der Waals surface area contributed by atoms with Crippen molar-refractivity contribution in [1.82, 2.24) is 14.8 Å². The predicted molar refractivity (Wildman–Crippen MR) is 51.5 cm³/mol. The second kappa shape index (κ2) is 4.52. The van der Waals surface area contributed by atoms with E-state index in [2.05, 4.69) is 10.1 Å². The van der Waals surface area contributed by atoms with Crippen molar-refractivity contribution in [2.75, 3.05) is 6.61 Å². The quantitative estimate of drug-likeness (QED) is 0.755. The highest BCUT2D eigenvalue weighted by Gasteiger charge is 2.15. The first-order valence-electron chi connectivity index (χ1n) is 5.08. The number of hydrogen-bond acceptors (Lipinski definition) is 4. The van der Waals surface area contributed by atoms with Gasteiger partial charge in [0, 0.05) is 6.61 Å². The Morgan fingerprint density at radius 2 is 2.50 bits per heavy atom. The maximum atomic E-state index is 5.62. The zero-order valence-corrected chi connectivity index (χ0v) is 8.22. The van der Waals surface area contributed by atoms with Gasteiger partial charge in [0.2, 0.25) is 0 Å². The lowest BCUT2D eigenvalue weighted by atomic mass is 10.1. The van der Waals surface area contributed by atoms with E-state index < -0.39 is 0 Å². The van der Waals surface area contributed by atoms with Gasteiger partial charge in [-0.15, -0.1) is 0 Å². The number of nitrogens with zero attached hydrogens (tertiary/aromatic N) is 3. The van der Waals surface area contributed by atoms with Gasteiger partial charge in [-0.1, -0.05) is 0 Å². The molecule has 1 saturated heterocycles. The van der Waals surface area contributed by atoms with E-state index in [1.807, 2.05) is 4.68 Å². The molecule has 5 heteroatoms. The molecule has 1 aromatic heterocycles. The molecule has 78 valence electrons. The number of hydrogen-bond donors (Lipinski definition) is 1. The summed E-state index contributed by atoms with van der Waals surface area (Å²) in [6, 6.07) is 0. The molecule has 14 heavy (non-hydrogen) atoms. The first-order valence-corrected chi connectivity index (χ1v) is 5.08. The second-order valence-electron chi connectivity index (χ2n) is 3.55. The summed E-state index contributed by atoms with van der Waals surface area (Å²) >= 11 is 0. The van der Waals surface area contributed by atoms with Crippen molar-refractivity contribution < 1.29 is 4.74 Å². The van der Waals surface area contributed by atoms with Gasteiger partial charge in [0.15, 0.2) is 0 Å². The average molecular weight is 196 g/mol. The molecule has 0 aromatic carbocycles. The smallest absolute Gasteiger partial charge is 0.140 e. The third-order valence-corrected chi connectivity index (χ3v) is 2.53. The van der Waals surface area contributed by atoms with Crippen molar-refractivity contribution in [3.05, 3.63) is 12.2 Å². The molecule has 1 fully saturated rings. The maximum Gasteiger partial charge on any atom is 0.140 e. The standard InChI is InChI=1S/C9H16N4O/c10-5-9-11-7-12-13(9)6-8-3-1-2-4-14-8/h7-8H,1-6,10H2. The molecule has 1 atom stereocenters. The van der Waals surface area contributed by atoms with Crippen molar-refractivity contribution >= 4 is 0 Å². The zero-order chi connectivity index (χ0) is 9.80. The molecule has 2 rings (SSSR count). The van der Waals surface area contributed by atoms with E-state index >= 15 is 0 Å². The minimum absolute atomic E-state index is 0.288. The van der Waals surface area contributed by atoms with Gasteiger partial charge >= 0.3 is 0 Å². The maximum absolute atomic E-state index is 5.62. The zero-order valence-electron chi connectivity index (χ0n) is 8.22. The van der Waals surface area contributed by atoms with E-state index in [4.69, 9.17) is 10.5 Å². The summed E-state index contributed by atoms with van der Waals surface area (Å²) in [5.74, 6) is 0.833. The topological polar surface area (TPSA) is 66.0 Å². The van der Waals surface area contributed by atoms with Crippen LogP contribution in [0.1, 0.15) is 25.1 Å². The molecule has 0 bridgehead atoms. The van der Waals surface area contributed by atoms with Crippen molar-refractivity contribution in [3.8, 4) is 0 Å². The highest BCUT2D eigenvalue weighted by atomic mass is 16.5. The Bertz CT molecular complexity index is 280. The van der Waals surface area contributed by atoms with Crippen molar-refractivity contribution in [2.24, 2.45) is 5.73 Å². The first kappa shape index (κ1) is 9.61. The van der Waals surface area contributed by atoms with Crippen LogP contribution in [0.25, 0.3) is 0 Å². The van der Waals surface area contributed by atoms with Crippen molar-refractivity contribution in [1.29, 1.82) is 0 Å². The van der Waals surface area contributed by atoms with Crippen LogP contribution in [0, 0.1) is 0 Å². The Balaban J connectivity index is 1.95. The van der Waals surface area contributed by atoms with Crippen molar-refractivity contribution in [2.45, 2.75) is 38.5 Å². The molecule has 2 heterocycles. The Morgan fingerprint density at radius 1 is 1.57 bits per heavy atom. The number of ether oxygens (including phenoxy) is 1. The fourth-order valence-electron chi connectivity index (χ4n) is 1.74. The van der Waals surface area contributed by atoms with Gasteiger partial charge in [0.25, 0.3) is 0 Å². The molecule has 5 nitrogen and oxygen atoms in total. The minimum Gasteiger partial charge on any atom is -0.376 e. The van der Waals surface area contributed by atoms with Crippen LogP contribution in [0.5, 0.6) is 0 Å².